The van der Waals surface area contributed by atoms with Gasteiger partial charge in [0.2, 0.25) is 0 Å². The third-order valence-corrected chi connectivity index (χ3v) is 2.24. The van der Waals surface area contributed by atoms with E-state index in [0.717, 1.165) is 5.71 Å². The van der Waals surface area contributed by atoms with Crippen LogP contribution in [-0.4, -0.2) is 16.9 Å². The van der Waals surface area contributed by atoms with Gasteiger partial charge in [0, 0.05) is 5.33 Å². The molecule has 1 amide bonds. The second kappa shape index (κ2) is 2.34. The maximum Gasteiger partial charge on any atom is 0.251 e. The van der Waals surface area contributed by atoms with Gasteiger partial charge in [0.1, 0.15) is 0 Å². The number of carbonyl (C=O) groups excluding carboxylic acids is 1. The number of amides is 1. The second-order valence-electron chi connectivity index (χ2n) is 2.76. The Morgan fingerprint density at radius 3 is 2.50 bits per heavy atom. The third-order valence-electron chi connectivity index (χ3n) is 1.71. The van der Waals surface area contributed by atoms with Crippen LogP contribution in [0.3, 0.4) is 0 Å². The van der Waals surface area contributed by atoms with Crippen molar-refractivity contribution >= 4 is 27.5 Å². The SMILES string of the molecule is CC1(C)C(=O)NN=C1CBr. The Bertz CT molecular complexity index is 198. The maximum atomic E-state index is 11.0. The van der Waals surface area contributed by atoms with Crippen molar-refractivity contribution in [3.05, 3.63) is 0 Å². The minimum absolute atomic E-state index is 0.0260. The van der Waals surface area contributed by atoms with Gasteiger partial charge in [-0.25, -0.2) is 5.43 Å². The van der Waals surface area contributed by atoms with Crippen LogP contribution in [0, 0.1) is 5.41 Å². The zero-order valence-corrected chi connectivity index (χ0v) is 7.53. The summed E-state index contributed by atoms with van der Waals surface area (Å²) in [5.41, 5.74) is 2.86. The number of nitrogens with zero attached hydrogens (tertiary/aromatic N) is 1. The summed E-state index contributed by atoms with van der Waals surface area (Å²) in [6.07, 6.45) is 0. The van der Waals surface area contributed by atoms with Gasteiger partial charge in [-0.2, -0.15) is 5.10 Å². The van der Waals surface area contributed by atoms with Gasteiger partial charge in [0.05, 0.1) is 11.1 Å². The van der Waals surface area contributed by atoms with Gasteiger partial charge in [-0.1, -0.05) is 15.9 Å². The first-order chi connectivity index (χ1) is 4.59. The molecule has 1 rings (SSSR count). The Morgan fingerprint density at radius 1 is 1.70 bits per heavy atom. The van der Waals surface area contributed by atoms with E-state index in [9.17, 15) is 4.79 Å². The van der Waals surface area contributed by atoms with E-state index in [2.05, 4.69) is 26.5 Å². The van der Waals surface area contributed by atoms with Crippen molar-refractivity contribution in [3.8, 4) is 0 Å². The third kappa shape index (κ3) is 0.963. The van der Waals surface area contributed by atoms with Gasteiger partial charge in [-0.3, -0.25) is 4.79 Å². The van der Waals surface area contributed by atoms with Crippen LogP contribution in [0.5, 0.6) is 0 Å². The van der Waals surface area contributed by atoms with Crippen LogP contribution in [0.15, 0.2) is 5.10 Å². The lowest BCUT2D eigenvalue weighted by Gasteiger charge is -2.13. The lowest BCUT2D eigenvalue weighted by Crippen LogP contribution is -2.32. The van der Waals surface area contributed by atoms with Crippen LogP contribution in [-0.2, 0) is 4.79 Å². The summed E-state index contributed by atoms with van der Waals surface area (Å²) >= 11 is 3.26. The van der Waals surface area contributed by atoms with Crippen molar-refractivity contribution in [1.82, 2.24) is 5.43 Å². The zero-order chi connectivity index (χ0) is 7.78. The molecule has 1 aliphatic heterocycles. The predicted octanol–water partition coefficient (Wildman–Crippen LogP) is 0.893. The molecule has 1 heterocycles. The number of nitrogens with one attached hydrogen (secondary N) is 1. The number of alkyl halides is 1. The molecule has 0 atom stereocenters. The van der Waals surface area contributed by atoms with Crippen molar-refractivity contribution < 1.29 is 4.79 Å². The van der Waals surface area contributed by atoms with Gasteiger partial charge < -0.3 is 0 Å². The molecule has 10 heavy (non-hydrogen) atoms. The fourth-order valence-electron chi connectivity index (χ4n) is 0.726. The van der Waals surface area contributed by atoms with Crippen LogP contribution >= 0.6 is 15.9 Å². The highest BCUT2D eigenvalue weighted by molar-refractivity contribution is 9.09. The van der Waals surface area contributed by atoms with Crippen molar-refractivity contribution in [2.24, 2.45) is 10.5 Å². The van der Waals surface area contributed by atoms with Crippen LogP contribution in [0.1, 0.15) is 13.8 Å². The summed E-state index contributed by atoms with van der Waals surface area (Å²) in [6.45, 7) is 3.71. The molecule has 0 saturated heterocycles. The normalized spacial score (nSPS) is 22.3. The minimum Gasteiger partial charge on any atom is -0.272 e. The molecular weight excluding hydrogens is 196 g/mol. The zero-order valence-electron chi connectivity index (χ0n) is 5.94. The molecule has 0 bridgehead atoms. The average molecular weight is 205 g/mol. The lowest BCUT2D eigenvalue weighted by molar-refractivity contribution is -0.125. The highest BCUT2D eigenvalue weighted by Crippen LogP contribution is 2.22. The Hall–Kier alpha value is -0.380. The van der Waals surface area contributed by atoms with Crippen molar-refractivity contribution in [3.63, 3.8) is 0 Å². The minimum atomic E-state index is -0.427. The summed E-state index contributed by atoms with van der Waals surface area (Å²) in [6, 6.07) is 0. The Morgan fingerprint density at radius 2 is 2.30 bits per heavy atom. The molecule has 0 saturated carbocycles. The quantitative estimate of drug-likeness (QED) is 0.634. The first-order valence-electron chi connectivity index (χ1n) is 3.02. The summed E-state index contributed by atoms with van der Waals surface area (Å²) in [5.74, 6) is -0.0260. The molecule has 0 fully saturated rings. The van der Waals surface area contributed by atoms with Crippen LogP contribution < -0.4 is 5.43 Å². The molecular formula is C6H9BrN2O. The molecule has 3 nitrogen and oxygen atoms in total. The Balaban J connectivity index is 2.87. The van der Waals surface area contributed by atoms with E-state index in [4.69, 9.17) is 0 Å². The maximum absolute atomic E-state index is 11.0. The number of rotatable bonds is 1. The number of hydrazone groups is 1. The fraction of sp³-hybridized carbons (Fsp3) is 0.667. The van der Waals surface area contributed by atoms with Gasteiger partial charge in [0.25, 0.3) is 5.91 Å². The van der Waals surface area contributed by atoms with Crippen LogP contribution in [0.4, 0.5) is 0 Å². The summed E-state index contributed by atoms with van der Waals surface area (Å²) < 4.78 is 0. The van der Waals surface area contributed by atoms with Gasteiger partial charge >= 0.3 is 0 Å². The molecule has 0 aromatic carbocycles. The molecule has 0 aromatic heterocycles. The standard InChI is InChI=1S/C6H9BrN2O/c1-6(2)4(3-7)8-9-5(6)10/h3H2,1-2H3,(H,9,10). The molecule has 1 aliphatic rings. The second-order valence-corrected chi connectivity index (χ2v) is 3.32. The molecule has 4 heteroatoms. The van der Waals surface area contributed by atoms with E-state index in [1.807, 2.05) is 13.8 Å². The molecule has 0 spiro atoms. The average Bonchev–Trinajstić information content (AvgIpc) is 2.10. The van der Waals surface area contributed by atoms with E-state index in [1.54, 1.807) is 0 Å². The summed E-state index contributed by atoms with van der Waals surface area (Å²) in [5, 5.41) is 4.51. The molecule has 0 aliphatic carbocycles. The van der Waals surface area contributed by atoms with E-state index in [-0.39, 0.29) is 5.91 Å². The molecule has 0 radical (unpaired) electrons. The molecule has 56 valence electrons. The first-order valence-corrected chi connectivity index (χ1v) is 4.14. The number of carbonyl (C=O) groups is 1. The van der Waals surface area contributed by atoms with Crippen molar-refractivity contribution in [2.45, 2.75) is 13.8 Å². The molecule has 1 N–H and O–H groups in total. The monoisotopic (exact) mass is 204 g/mol. The summed E-state index contributed by atoms with van der Waals surface area (Å²) in [4.78, 5) is 11.0. The fourth-order valence-corrected chi connectivity index (χ4v) is 1.55. The van der Waals surface area contributed by atoms with E-state index in [1.165, 1.54) is 0 Å². The van der Waals surface area contributed by atoms with E-state index < -0.39 is 5.41 Å². The highest BCUT2D eigenvalue weighted by Gasteiger charge is 2.37. The van der Waals surface area contributed by atoms with Gasteiger partial charge in [0.15, 0.2) is 0 Å². The van der Waals surface area contributed by atoms with Crippen LogP contribution in [0.25, 0.3) is 0 Å². The molecule has 0 aromatic rings. The largest absolute Gasteiger partial charge is 0.272 e. The smallest absolute Gasteiger partial charge is 0.251 e. The lowest BCUT2D eigenvalue weighted by atomic mass is 9.89. The number of hydrogen-bond acceptors (Lipinski definition) is 2. The number of halogens is 1. The Kier molecular flexibility index (Phi) is 1.81. The van der Waals surface area contributed by atoms with Crippen molar-refractivity contribution in [1.29, 1.82) is 0 Å². The van der Waals surface area contributed by atoms with E-state index in [0.29, 0.717) is 5.33 Å². The van der Waals surface area contributed by atoms with Crippen molar-refractivity contribution in [2.75, 3.05) is 5.33 Å². The molecule has 0 unspecified atom stereocenters. The topological polar surface area (TPSA) is 41.5 Å². The van der Waals surface area contributed by atoms with Gasteiger partial charge in [-0.15, -0.1) is 0 Å². The Labute approximate surface area is 68.0 Å². The van der Waals surface area contributed by atoms with Crippen LogP contribution in [0.2, 0.25) is 0 Å². The van der Waals surface area contributed by atoms with Gasteiger partial charge in [-0.05, 0) is 13.8 Å². The first kappa shape index (κ1) is 7.72. The highest BCUT2D eigenvalue weighted by atomic mass is 79.9. The predicted molar refractivity (Wildman–Crippen MR) is 43.2 cm³/mol. The number of hydrogen-bond donors (Lipinski definition) is 1. The van der Waals surface area contributed by atoms with E-state index >= 15 is 0 Å². The summed E-state index contributed by atoms with van der Waals surface area (Å²) in [7, 11) is 0.